The maximum absolute atomic E-state index is 5.39. The fourth-order valence-corrected chi connectivity index (χ4v) is 2.48. The summed E-state index contributed by atoms with van der Waals surface area (Å²) in [6.45, 7) is 6.77. The van der Waals surface area contributed by atoms with Crippen LogP contribution < -0.4 is 5.32 Å². The van der Waals surface area contributed by atoms with Gasteiger partial charge in [-0.3, -0.25) is 0 Å². The van der Waals surface area contributed by atoms with Gasteiger partial charge in [-0.1, -0.05) is 24.3 Å². The van der Waals surface area contributed by atoms with E-state index in [1.807, 2.05) is 6.92 Å². The summed E-state index contributed by atoms with van der Waals surface area (Å²) in [4.78, 5) is 2.35. The Labute approximate surface area is 110 Å². The van der Waals surface area contributed by atoms with E-state index in [1.54, 1.807) is 0 Å². The summed E-state index contributed by atoms with van der Waals surface area (Å²) in [6.07, 6.45) is 1.13. The molecule has 0 aromatic heterocycles. The van der Waals surface area contributed by atoms with E-state index in [4.69, 9.17) is 4.74 Å². The molecule has 1 aliphatic heterocycles. The molecule has 100 valence electrons. The van der Waals surface area contributed by atoms with Crippen molar-refractivity contribution in [2.75, 3.05) is 33.4 Å². The van der Waals surface area contributed by atoms with E-state index in [0.29, 0.717) is 6.04 Å². The predicted molar refractivity (Wildman–Crippen MR) is 74.8 cm³/mol. The Kier molecular flexibility index (Phi) is 5.17. The molecule has 1 aliphatic rings. The number of nitrogens with zero attached hydrogens (tertiary/aromatic N) is 1. The van der Waals surface area contributed by atoms with Crippen molar-refractivity contribution < 1.29 is 4.74 Å². The molecule has 0 spiro atoms. The summed E-state index contributed by atoms with van der Waals surface area (Å²) in [5, 5.41) is 3.61. The van der Waals surface area contributed by atoms with Crippen LogP contribution in [0.3, 0.4) is 0 Å². The third-order valence-electron chi connectivity index (χ3n) is 3.52. The van der Waals surface area contributed by atoms with Crippen molar-refractivity contribution in [3.63, 3.8) is 0 Å². The van der Waals surface area contributed by atoms with E-state index in [1.165, 1.54) is 11.1 Å². The summed E-state index contributed by atoms with van der Waals surface area (Å²) in [7, 11) is 2.17. The molecule has 0 bridgehead atoms. The minimum atomic E-state index is 0.562. The quantitative estimate of drug-likeness (QED) is 0.775. The third-order valence-corrected chi connectivity index (χ3v) is 3.52. The smallest absolute Gasteiger partial charge is 0.0593 e. The molecular formula is C15H24N2O. The van der Waals surface area contributed by atoms with Crippen molar-refractivity contribution >= 4 is 0 Å². The van der Waals surface area contributed by atoms with Crippen LogP contribution >= 0.6 is 0 Å². The SMILES string of the molecule is CCOCCN(C)CC1Cc2ccccc2CN1. The number of hydrogen-bond donors (Lipinski definition) is 1. The molecule has 0 fully saturated rings. The number of hydrogen-bond acceptors (Lipinski definition) is 3. The summed E-state index contributed by atoms with van der Waals surface area (Å²) in [6, 6.07) is 9.29. The summed E-state index contributed by atoms with van der Waals surface area (Å²) in [5.74, 6) is 0. The van der Waals surface area contributed by atoms with Crippen LogP contribution in [0, 0.1) is 0 Å². The molecule has 0 saturated heterocycles. The first-order chi connectivity index (χ1) is 8.79. The van der Waals surface area contributed by atoms with Crippen molar-refractivity contribution in [3.8, 4) is 0 Å². The molecule has 1 atom stereocenters. The van der Waals surface area contributed by atoms with Crippen LogP contribution in [0.15, 0.2) is 24.3 Å². The fraction of sp³-hybridized carbons (Fsp3) is 0.600. The van der Waals surface area contributed by atoms with Gasteiger partial charge in [0.1, 0.15) is 0 Å². The summed E-state index contributed by atoms with van der Waals surface area (Å²) in [5.41, 5.74) is 2.95. The van der Waals surface area contributed by atoms with E-state index >= 15 is 0 Å². The first-order valence-electron chi connectivity index (χ1n) is 6.86. The van der Waals surface area contributed by atoms with Gasteiger partial charge in [-0.25, -0.2) is 0 Å². The van der Waals surface area contributed by atoms with Gasteiger partial charge in [0.2, 0.25) is 0 Å². The minimum absolute atomic E-state index is 0.562. The number of nitrogens with one attached hydrogen (secondary N) is 1. The highest BCUT2D eigenvalue weighted by molar-refractivity contribution is 5.29. The predicted octanol–water partition coefficient (Wildman–Crippen LogP) is 1.67. The minimum Gasteiger partial charge on any atom is -0.380 e. The van der Waals surface area contributed by atoms with Gasteiger partial charge in [0.05, 0.1) is 6.61 Å². The molecule has 1 unspecified atom stereocenters. The van der Waals surface area contributed by atoms with Crippen LogP contribution in [0.1, 0.15) is 18.1 Å². The second-order valence-corrected chi connectivity index (χ2v) is 5.01. The molecule has 0 aliphatic carbocycles. The number of fused-ring (bicyclic) bond motifs is 1. The topological polar surface area (TPSA) is 24.5 Å². The zero-order valence-corrected chi connectivity index (χ0v) is 11.5. The first kappa shape index (κ1) is 13.5. The Morgan fingerprint density at radius 1 is 1.33 bits per heavy atom. The van der Waals surface area contributed by atoms with Crippen molar-refractivity contribution in [1.29, 1.82) is 0 Å². The van der Waals surface area contributed by atoms with Gasteiger partial charge in [0, 0.05) is 32.3 Å². The van der Waals surface area contributed by atoms with E-state index in [-0.39, 0.29) is 0 Å². The zero-order chi connectivity index (χ0) is 12.8. The lowest BCUT2D eigenvalue weighted by molar-refractivity contribution is 0.118. The van der Waals surface area contributed by atoms with Gasteiger partial charge in [0.15, 0.2) is 0 Å². The van der Waals surface area contributed by atoms with Gasteiger partial charge in [-0.15, -0.1) is 0 Å². The molecule has 0 amide bonds. The number of likely N-dealkylation sites (N-methyl/N-ethyl adjacent to an activating group) is 1. The maximum Gasteiger partial charge on any atom is 0.0593 e. The number of ether oxygens (including phenoxy) is 1. The highest BCUT2D eigenvalue weighted by atomic mass is 16.5. The van der Waals surface area contributed by atoms with Crippen LogP contribution in [-0.4, -0.2) is 44.3 Å². The van der Waals surface area contributed by atoms with Gasteiger partial charge >= 0.3 is 0 Å². The average molecular weight is 248 g/mol. The Hall–Kier alpha value is -0.900. The summed E-state index contributed by atoms with van der Waals surface area (Å²) >= 11 is 0. The van der Waals surface area contributed by atoms with Crippen molar-refractivity contribution in [2.45, 2.75) is 25.9 Å². The molecule has 18 heavy (non-hydrogen) atoms. The number of rotatable bonds is 6. The maximum atomic E-state index is 5.39. The molecule has 2 rings (SSSR count). The Bertz CT molecular complexity index is 367. The van der Waals surface area contributed by atoms with Crippen LogP contribution in [0.2, 0.25) is 0 Å². The summed E-state index contributed by atoms with van der Waals surface area (Å²) < 4.78 is 5.39. The highest BCUT2D eigenvalue weighted by Crippen LogP contribution is 2.16. The van der Waals surface area contributed by atoms with Crippen molar-refractivity contribution in [3.05, 3.63) is 35.4 Å². The van der Waals surface area contributed by atoms with Gasteiger partial charge in [-0.05, 0) is 31.5 Å². The molecule has 3 heteroatoms. The lowest BCUT2D eigenvalue weighted by Crippen LogP contribution is -2.44. The normalized spacial score (nSPS) is 18.9. The molecule has 0 radical (unpaired) electrons. The molecule has 3 nitrogen and oxygen atoms in total. The largest absolute Gasteiger partial charge is 0.380 e. The van der Waals surface area contributed by atoms with Crippen LogP contribution in [0.25, 0.3) is 0 Å². The van der Waals surface area contributed by atoms with Gasteiger partial charge in [-0.2, -0.15) is 0 Å². The van der Waals surface area contributed by atoms with E-state index < -0.39 is 0 Å². The van der Waals surface area contributed by atoms with Crippen LogP contribution in [-0.2, 0) is 17.7 Å². The zero-order valence-electron chi connectivity index (χ0n) is 11.5. The Balaban J connectivity index is 1.79. The van der Waals surface area contributed by atoms with Crippen LogP contribution in [0.5, 0.6) is 0 Å². The first-order valence-corrected chi connectivity index (χ1v) is 6.86. The average Bonchev–Trinajstić information content (AvgIpc) is 2.39. The van der Waals surface area contributed by atoms with Gasteiger partial charge < -0.3 is 15.0 Å². The molecule has 1 N–H and O–H groups in total. The fourth-order valence-electron chi connectivity index (χ4n) is 2.48. The van der Waals surface area contributed by atoms with Crippen molar-refractivity contribution in [1.82, 2.24) is 10.2 Å². The number of benzene rings is 1. The lowest BCUT2D eigenvalue weighted by Gasteiger charge is -2.29. The molecule has 1 aromatic carbocycles. The van der Waals surface area contributed by atoms with E-state index in [0.717, 1.165) is 39.3 Å². The second kappa shape index (κ2) is 6.88. The molecular weight excluding hydrogens is 224 g/mol. The second-order valence-electron chi connectivity index (χ2n) is 5.01. The lowest BCUT2D eigenvalue weighted by atomic mass is 9.96. The monoisotopic (exact) mass is 248 g/mol. The van der Waals surface area contributed by atoms with Crippen LogP contribution in [0.4, 0.5) is 0 Å². The Morgan fingerprint density at radius 3 is 2.89 bits per heavy atom. The molecule has 0 saturated carbocycles. The molecule has 1 heterocycles. The standard InChI is InChI=1S/C15H24N2O/c1-3-18-9-8-17(2)12-15-10-13-6-4-5-7-14(13)11-16-15/h4-7,15-16H,3,8-12H2,1-2H3. The highest BCUT2D eigenvalue weighted by Gasteiger charge is 2.18. The van der Waals surface area contributed by atoms with E-state index in [2.05, 4.69) is 41.5 Å². The third kappa shape index (κ3) is 3.80. The molecule has 1 aromatic rings. The van der Waals surface area contributed by atoms with E-state index in [9.17, 15) is 0 Å². The Morgan fingerprint density at radius 2 is 2.11 bits per heavy atom. The van der Waals surface area contributed by atoms with Crippen molar-refractivity contribution in [2.24, 2.45) is 0 Å². The van der Waals surface area contributed by atoms with Gasteiger partial charge in [0.25, 0.3) is 0 Å².